The van der Waals surface area contributed by atoms with Crippen molar-refractivity contribution in [2.75, 3.05) is 61.9 Å². The predicted octanol–water partition coefficient (Wildman–Crippen LogP) is 3.73. The Morgan fingerprint density at radius 3 is 1.92 bits per heavy atom. The summed E-state index contributed by atoms with van der Waals surface area (Å²) < 4.78 is 41.4. The molecule has 90 heavy (non-hydrogen) atoms. The van der Waals surface area contributed by atoms with Crippen LogP contribution in [0.2, 0.25) is 5.02 Å². The van der Waals surface area contributed by atoms with E-state index < -0.39 is 155 Å². The van der Waals surface area contributed by atoms with Gasteiger partial charge in [0.15, 0.2) is 0 Å². The molecule has 496 valence electrons. The van der Waals surface area contributed by atoms with Gasteiger partial charge in [-0.1, -0.05) is 69.7 Å². The second kappa shape index (κ2) is 31.1. The van der Waals surface area contributed by atoms with Gasteiger partial charge in [-0.15, -0.1) is 0 Å². The fourth-order valence-electron chi connectivity index (χ4n) is 12.5. The molecule has 2 aromatic rings. The number of rotatable bonds is 8. The molecule has 27 heteroatoms. The highest BCUT2D eigenvalue weighted by molar-refractivity contribution is 6.31. The monoisotopic (exact) mass is 1280 g/mol. The zero-order chi connectivity index (χ0) is 66.7. The first-order chi connectivity index (χ1) is 42.3. The van der Waals surface area contributed by atoms with Crippen LogP contribution in [0.4, 0.5) is 13.2 Å². The number of pyridine rings is 1. The Kier molecular flexibility index (Phi) is 24.8. The van der Waals surface area contributed by atoms with E-state index in [0.717, 1.165) is 44.6 Å². The lowest BCUT2D eigenvalue weighted by Gasteiger charge is -2.40. The van der Waals surface area contributed by atoms with Gasteiger partial charge < -0.3 is 55.6 Å². The van der Waals surface area contributed by atoms with Crippen LogP contribution in [0, 0.1) is 11.8 Å². The molecular weight excluding hydrogens is 1190 g/mol. The third-order valence-electron chi connectivity index (χ3n) is 18.7. The predicted molar refractivity (Wildman–Crippen MR) is 327 cm³/mol. The van der Waals surface area contributed by atoms with E-state index in [4.69, 9.17) is 11.6 Å². The van der Waals surface area contributed by atoms with Crippen LogP contribution in [0.25, 0.3) is 0 Å². The van der Waals surface area contributed by atoms with Gasteiger partial charge in [0.2, 0.25) is 65.0 Å². The van der Waals surface area contributed by atoms with Crippen LogP contribution in [0.3, 0.4) is 0 Å². The van der Waals surface area contributed by atoms with Crippen molar-refractivity contribution in [1.29, 1.82) is 0 Å². The molecular formula is C63H90ClF3N12O11. The maximum Gasteiger partial charge on any atom is 0.417 e. The fraction of sp³-hybridized carbons (Fsp3) is 0.651. The van der Waals surface area contributed by atoms with Crippen LogP contribution in [0.15, 0.2) is 42.7 Å². The highest BCUT2D eigenvalue weighted by Crippen LogP contribution is 2.38. The van der Waals surface area contributed by atoms with Crippen molar-refractivity contribution in [3.05, 3.63) is 64.4 Å². The number of hydrogen-bond acceptors (Lipinski definition) is 12. The van der Waals surface area contributed by atoms with Crippen molar-refractivity contribution in [1.82, 2.24) is 60.6 Å². The lowest BCUT2D eigenvalue weighted by molar-refractivity contribution is -0.150. The average Bonchev–Trinajstić information content (AvgIpc) is 1.55. The summed E-state index contributed by atoms with van der Waals surface area (Å²) in [6.45, 7) is 7.02. The Morgan fingerprint density at radius 2 is 1.31 bits per heavy atom. The number of aryl methyl sites for hydroxylation is 1. The minimum atomic E-state index is -4.76. The van der Waals surface area contributed by atoms with Gasteiger partial charge in [-0.05, 0) is 113 Å². The van der Waals surface area contributed by atoms with Gasteiger partial charge in [0, 0.05) is 80.1 Å². The number of alkyl halides is 3. The number of amides is 11. The van der Waals surface area contributed by atoms with E-state index >= 15 is 9.59 Å². The first-order valence-corrected chi connectivity index (χ1v) is 31.5. The van der Waals surface area contributed by atoms with Gasteiger partial charge in [-0.25, -0.2) is 0 Å². The maximum absolute atomic E-state index is 15.2. The number of hydrogen-bond donors (Lipinski definition) is 4. The summed E-state index contributed by atoms with van der Waals surface area (Å²) in [4.78, 5) is 172. The number of carbonyl (C=O) groups excluding carboxylic acids is 11. The molecule has 4 fully saturated rings. The van der Waals surface area contributed by atoms with Gasteiger partial charge in [-0.2, -0.15) is 13.2 Å². The van der Waals surface area contributed by atoms with Crippen LogP contribution in [0.1, 0.15) is 135 Å². The smallest absolute Gasteiger partial charge is 0.351 e. The second-order valence-corrected chi connectivity index (χ2v) is 25.5. The molecule has 2 saturated carbocycles. The van der Waals surface area contributed by atoms with Crippen molar-refractivity contribution < 1.29 is 65.9 Å². The van der Waals surface area contributed by atoms with Crippen molar-refractivity contribution in [3.63, 3.8) is 0 Å². The summed E-state index contributed by atoms with van der Waals surface area (Å²) in [5.41, 5.74) is -1.75. The lowest BCUT2D eigenvalue weighted by Crippen LogP contribution is -2.64. The minimum Gasteiger partial charge on any atom is -0.351 e. The van der Waals surface area contributed by atoms with Gasteiger partial charge in [0.25, 0.3) is 0 Å². The van der Waals surface area contributed by atoms with E-state index in [-0.39, 0.29) is 57.4 Å². The van der Waals surface area contributed by atoms with Crippen LogP contribution >= 0.6 is 11.6 Å². The van der Waals surface area contributed by atoms with E-state index in [2.05, 4.69) is 26.3 Å². The zero-order valence-electron chi connectivity index (χ0n) is 53.6. The maximum atomic E-state index is 15.2. The quantitative estimate of drug-likeness (QED) is 0.295. The molecule has 4 N–H and O–H groups in total. The van der Waals surface area contributed by atoms with E-state index in [1.165, 1.54) is 89.3 Å². The number of fused-ring (bicyclic) bond motifs is 1. The summed E-state index contributed by atoms with van der Waals surface area (Å²) in [5, 5.41) is 10.9. The summed E-state index contributed by atoms with van der Waals surface area (Å²) in [7, 11) is 8.34. The molecule has 11 amide bonds. The Bertz CT molecular complexity index is 2970. The molecule has 4 aliphatic rings. The molecule has 9 atom stereocenters. The molecule has 0 bridgehead atoms. The normalized spacial score (nSPS) is 26.8. The Hall–Kier alpha value is -7.38. The number of benzene rings is 1. The molecule has 0 radical (unpaired) electrons. The van der Waals surface area contributed by atoms with Gasteiger partial charge in [0.05, 0.1) is 23.7 Å². The first-order valence-electron chi connectivity index (χ1n) is 31.1. The third kappa shape index (κ3) is 17.4. The first kappa shape index (κ1) is 71.7. The van der Waals surface area contributed by atoms with Crippen LogP contribution in [-0.4, -0.2) is 220 Å². The molecule has 23 nitrogen and oxygen atoms in total. The molecule has 1 unspecified atom stereocenters. The van der Waals surface area contributed by atoms with Gasteiger partial charge in [0.1, 0.15) is 47.8 Å². The highest BCUT2D eigenvalue weighted by Gasteiger charge is 2.50. The lowest BCUT2D eigenvalue weighted by atomic mass is 9.90. The van der Waals surface area contributed by atoms with Crippen molar-refractivity contribution in [2.24, 2.45) is 11.8 Å². The van der Waals surface area contributed by atoms with Crippen molar-refractivity contribution in [3.8, 4) is 0 Å². The molecule has 1 spiro atoms. The zero-order valence-corrected chi connectivity index (χ0v) is 54.4. The second-order valence-electron chi connectivity index (χ2n) is 25.1. The van der Waals surface area contributed by atoms with Crippen molar-refractivity contribution in [2.45, 2.75) is 191 Å². The van der Waals surface area contributed by atoms with E-state index in [1.807, 2.05) is 6.92 Å². The Morgan fingerprint density at radius 1 is 0.678 bits per heavy atom. The van der Waals surface area contributed by atoms with Crippen LogP contribution in [-0.2, 0) is 71.8 Å². The van der Waals surface area contributed by atoms with Crippen molar-refractivity contribution >= 4 is 76.6 Å². The molecule has 6 rings (SSSR count). The van der Waals surface area contributed by atoms with Crippen LogP contribution < -0.4 is 21.3 Å². The number of carbonyl (C=O) groups is 11. The largest absolute Gasteiger partial charge is 0.417 e. The molecule has 1 aromatic carbocycles. The molecule has 3 heterocycles. The number of aromatic nitrogens is 1. The third-order valence-corrected chi connectivity index (χ3v) is 19.1. The summed E-state index contributed by atoms with van der Waals surface area (Å²) in [6.07, 6.45) is 2.91. The summed E-state index contributed by atoms with van der Waals surface area (Å²) >= 11 is 6.12. The number of likely N-dealkylation sites (N-methyl/N-ethyl adjacent to an activating group) is 6. The fourth-order valence-corrected chi connectivity index (χ4v) is 12.8. The number of nitrogens with zero attached hydrogens (tertiary/aromatic N) is 8. The van der Waals surface area contributed by atoms with E-state index in [1.54, 1.807) is 26.0 Å². The molecule has 2 aliphatic carbocycles. The van der Waals surface area contributed by atoms with E-state index in [9.17, 15) is 56.3 Å². The summed E-state index contributed by atoms with van der Waals surface area (Å²) in [5.74, 6) is -7.88. The van der Waals surface area contributed by atoms with Gasteiger partial charge >= 0.3 is 6.18 Å². The standard InChI is InChI=1S/C63H90ClF3N12O11/c1-12-37(2)52-60(89)74(7)35-50(81)73(6)36-51(82)77(10)48(33-42-19-17-29-68-34-42)59(88)76(9)40(5)54(83)70-46(26-24-41-23-25-44(45(64)32-41)63(65,66)67)58(87)79-30-18-22-47(79)56(85)72-62(27-15-16-28-62)61(90)78(11)53(43-20-13-14-21-43)57(86)69-38(3)31-49(80)75(8)39(4)55(84)71-52/h17,19,23,25,29,32,34,37-40,43,46-48,52-53H,12-16,18,20-22,24,26-28,30-31,33,35-36H2,1-11H3,(H,69,86)(H,70,83)(H,71,84)(H,72,85)/t37?,38-,39+,40-,46+,47+,48+,52+,53+/m1/s1. The number of halogens is 4. The molecule has 2 aliphatic heterocycles. The average molecular weight is 1280 g/mol. The van der Waals surface area contributed by atoms with Crippen LogP contribution in [0.5, 0.6) is 0 Å². The Labute approximate surface area is 530 Å². The number of nitrogens with one attached hydrogen (secondary N) is 4. The SMILES string of the molecule is CCC(C)[C@@H]1NC(=O)[C@H](C)N(C)C(=O)C[C@@H](C)NC(=O)[C@H](C2CCCC2)N(C)C(=O)C2(CCCC2)NC(=O)[C@@H]2CCCN2C(=O)[C@H](CCc2ccc(C(F)(F)F)c(Cl)c2)NC(=O)[C@@H](C)N(C)C(=O)[C@H](Cc2cccnc2)N(C)C(=O)CN(C)C(=O)CN(C)C1=O. The summed E-state index contributed by atoms with van der Waals surface area (Å²) in [6, 6.07) is -2.89. The Balaban J connectivity index is 1.37. The molecule has 2 saturated heterocycles. The van der Waals surface area contributed by atoms with Gasteiger partial charge in [-0.3, -0.25) is 57.7 Å². The minimum absolute atomic E-state index is 0.0431. The molecule has 1 aromatic heterocycles. The highest BCUT2D eigenvalue weighted by atomic mass is 35.5. The van der Waals surface area contributed by atoms with E-state index in [0.29, 0.717) is 49.7 Å². The topological polar surface area (TPSA) is 271 Å².